The topological polar surface area (TPSA) is 59.6 Å². The summed E-state index contributed by atoms with van der Waals surface area (Å²) in [5, 5.41) is 5.65. The lowest BCUT2D eigenvalue weighted by atomic mass is 10.2. The van der Waals surface area contributed by atoms with Crippen LogP contribution in [-0.4, -0.2) is 30.6 Å². The SMILES string of the molecule is C[C@@H](CNC(=O)OC(C)(C)C)Nc1ccc(OC(F)(F)F)cc1. The van der Waals surface area contributed by atoms with E-state index in [0.29, 0.717) is 12.2 Å². The van der Waals surface area contributed by atoms with E-state index in [1.165, 1.54) is 24.3 Å². The Bertz CT molecular complexity index is 510. The van der Waals surface area contributed by atoms with E-state index < -0.39 is 18.1 Å². The van der Waals surface area contributed by atoms with E-state index in [1.807, 2.05) is 6.92 Å². The summed E-state index contributed by atoms with van der Waals surface area (Å²) in [6, 6.07) is 5.21. The van der Waals surface area contributed by atoms with E-state index >= 15 is 0 Å². The van der Waals surface area contributed by atoms with Gasteiger partial charge in [-0.15, -0.1) is 13.2 Å². The Labute approximate surface area is 133 Å². The van der Waals surface area contributed by atoms with Crippen molar-refractivity contribution in [2.45, 2.75) is 45.7 Å². The zero-order valence-corrected chi connectivity index (χ0v) is 13.5. The van der Waals surface area contributed by atoms with Crippen LogP contribution in [0.5, 0.6) is 5.75 Å². The van der Waals surface area contributed by atoms with Crippen LogP contribution in [0, 0.1) is 0 Å². The van der Waals surface area contributed by atoms with Crippen molar-refractivity contribution >= 4 is 11.8 Å². The lowest BCUT2D eigenvalue weighted by Gasteiger charge is -2.21. The summed E-state index contributed by atoms with van der Waals surface area (Å²) in [4.78, 5) is 11.5. The van der Waals surface area contributed by atoms with Gasteiger partial charge >= 0.3 is 12.5 Å². The molecule has 0 unspecified atom stereocenters. The third kappa shape index (κ3) is 8.80. The molecule has 2 N–H and O–H groups in total. The second-order valence-electron chi connectivity index (χ2n) is 6.00. The molecule has 23 heavy (non-hydrogen) atoms. The Hall–Kier alpha value is -2.12. The van der Waals surface area contributed by atoms with Gasteiger partial charge < -0.3 is 20.1 Å². The highest BCUT2D eigenvalue weighted by molar-refractivity contribution is 5.67. The van der Waals surface area contributed by atoms with Gasteiger partial charge in [0.05, 0.1) is 0 Å². The normalized spacial score (nSPS) is 13.2. The molecule has 0 fully saturated rings. The van der Waals surface area contributed by atoms with E-state index in [4.69, 9.17) is 4.74 Å². The van der Waals surface area contributed by atoms with Crippen molar-refractivity contribution < 1.29 is 27.4 Å². The van der Waals surface area contributed by atoms with Gasteiger partial charge in [-0.05, 0) is 52.0 Å². The number of benzene rings is 1. The number of hydrogen-bond acceptors (Lipinski definition) is 4. The highest BCUT2D eigenvalue weighted by atomic mass is 19.4. The molecule has 8 heteroatoms. The summed E-state index contributed by atoms with van der Waals surface area (Å²) >= 11 is 0. The molecule has 0 aliphatic heterocycles. The summed E-state index contributed by atoms with van der Waals surface area (Å²) in [5.41, 5.74) is 0.0349. The third-order valence-electron chi connectivity index (χ3n) is 2.45. The van der Waals surface area contributed by atoms with Crippen molar-refractivity contribution in [1.82, 2.24) is 5.32 Å². The maximum atomic E-state index is 12.1. The lowest BCUT2D eigenvalue weighted by Crippen LogP contribution is -2.38. The van der Waals surface area contributed by atoms with Crippen LogP contribution < -0.4 is 15.4 Å². The number of rotatable bonds is 5. The third-order valence-corrected chi connectivity index (χ3v) is 2.45. The molecule has 0 saturated heterocycles. The number of halogens is 3. The van der Waals surface area contributed by atoms with Crippen LogP contribution in [0.15, 0.2) is 24.3 Å². The number of nitrogens with one attached hydrogen (secondary N) is 2. The predicted molar refractivity (Wildman–Crippen MR) is 80.4 cm³/mol. The van der Waals surface area contributed by atoms with Crippen LogP contribution in [0.4, 0.5) is 23.7 Å². The van der Waals surface area contributed by atoms with Gasteiger partial charge in [0.1, 0.15) is 11.4 Å². The number of amides is 1. The standard InChI is InChI=1S/C15H21F3N2O3/c1-10(9-19-13(21)23-14(2,3)4)20-11-5-7-12(8-6-11)22-15(16,17)18/h5-8,10,20H,9H2,1-4H3,(H,19,21)/t10-/m0/s1. The van der Waals surface area contributed by atoms with Crippen molar-refractivity contribution in [3.63, 3.8) is 0 Å². The molecule has 0 aromatic heterocycles. The summed E-state index contributed by atoms with van der Waals surface area (Å²) in [6.45, 7) is 7.41. The minimum absolute atomic E-state index is 0.142. The van der Waals surface area contributed by atoms with Crippen molar-refractivity contribution in [3.8, 4) is 5.75 Å². The van der Waals surface area contributed by atoms with E-state index in [-0.39, 0.29) is 11.8 Å². The quantitative estimate of drug-likeness (QED) is 0.857. The van der Waals surface area contributed by atoms with Gasteiger partial charge in [0, 0.05) is 18.3 Å². The Morgan fingerprint density at radius 1 is 1.17 bits per heavy atom. The Kier molecular flexibility index (Phi) is 6.12. The van der Waals surface area contributed by atoms with Crippen molar-refractivity contribution in [3.05, 3.63) is 24.3 Å². The van der Waals surface area contributed by atoms with E-state index in [1.54, 1.807) is 20.8 Å². The Balaban J connectivity index is 2.42. The molecule has 0 aliphatic carbocycles. The number of alkyl halides is 3. The van der Waals surface area contributed by atoms with Crippen LogP contribution in [-0.2, 0) is 4.74 Å². The maximum absolute atomic E-state index is 12.1. The average molecular weight is 334 g/mol. The van der Waals surface area contributed by atoms with Gasteiger partial charge in [-0.3, -0.25) is 0 Å². The number of hydrogen-bond donors (Lipinski definition) is 2. The number of carbonyl (C=O) groups is 1. The second kappa shape index (κ2) is 7.43. The molecule has 5 nitrogen and oxygen atoms in total. The maximum Gasteiger partial charge on any atom is 0.573 e. The molecule has 1 aromatic rings. The molecule has 1 atom stereocenters. The molecule has 130 valence electrons. The molecular formula is C15H21F3N2O3. The first-order chi connectivity index (χ1) is 10.4. The fourth-order valence-corrected chi connectivity index (χ4v) is 1.64. The molecule has 0 radical (unpaired) electrons. The molecule has 0 saturated carbocycles. The fourth-order valence-electron chi connectivity index (χ4n) is 1.64. The molecule has 1 rings (SSSR count). The molecular weight excluding hydrogens is 313 g/mol. The van der Waals surface area contributed by atoms with Crippen molar-refractivity contribution in [2.75, 3.05) is 11.9 Å². The summed E-state index contributed by atoms with van der Waals surface area (Å²) in [6.07, 6.45) is -5.24. The summed E-state index contributed by atoms with van der Waals surface area (Å²) < 4.78 is 45.1. The van der Waals surface area contributed by atoms with Gasteiger partial charge in [-0.1, -0.05) is 0 Å². The zero-order chi connectivity index (χ0) is 17.7. The zero-order valence-electron chi connectivity index (χ0n) is 13.5. The Morgan fingerprint density at radius 2 is 1.74 bits per heavy atom. The minimum Gasteiger partial charge on any atom is -0.444 e. The van der Waals surface area contributed by atoms with Gasteiger partial charge in [0.2, 0.25) is 0 Å². The van der Waals surface area contributed by atoms with Gasteiger partial charge in [-0.2, -0.15) is 0 Å². The first-order valence-corrected chi connectivity index (χ1v) is 7.04. The van der Waals surface area contributed by atoms with Crippen LogP contribution in [0.1, 0.15) is 27.7 Å². The Morgan fingerprint density at radius 3 is 2.22 bits per heavy atom. The monoisotopic (exact) mass is 334 g/mol. The smallest absolute Gasteiger partial charge is 0.444 e. The molecule has 1 amide bonds. The minimum atomic E-state index is -4.71. The lowest BCUT2D eigenvalue weighted by molar-refractivity contribution is -0.274. The second-order valence-corrected chi connectivity index (χ2v) is 6.00. The number of alkyl carbamates (subject to hydrolysis) is 1. The van der Waals surface area contributed by atoms with Gasteiger partial charge in [0.15, 0.2) is 0 Å². The van der Waals surface area contributed by atoms with Gasteiger partial charge in [-0.25, -0.2) is 4.79 Å². The fraction of sp³-hybridized carbons (Fsp3) is 0.533. The highest BCUT2D eigenvalue weighted by Gasteiger charge is 2.30. The number of carbonyl (C=O) groups excluding carboxylic acids is 1. The largest absolute Gasteiger partial charge is 0.573 e. The average Bonchev–Trinajstić information content (AvgIpc) is 2.35. The van der Waals surface area contributed by atoms with Crippen molar-refractivity contribution in [2.24, 2.45) is 0 Å². The number of anilines is 1. The van der Waals surface area contributed by atoms with Crippen LogP contribution in [0.25, 0.3) is 0 Å². The van der Waals surface area contributed by atoms with Crippen LogP contribution >= 0.6 is 0 Å². The molecule has 0 aliphatic rings. The van der Waals surface area contributed by atoms with Crippen LogP contribution in [0.3, 0.4) is 0 Å². The molecule has 0 bridgehead atoms. The molecule has 0 heterocycles. The van der Waals surface area contributed by atoms with E-state index in [2.05, 4.69) is 15.4 Å². The van der Waals surface area contributed by atoms with Crippen LogP contribution in [0.2, 0.25) is 0 Å². The number of ether oxygens (including phenoxy) is 2. The van der Waals surface area contributed by atoms with Gasteiger partial charge in [0.25, 0.3) is 0 Å². The van der Waals surface area contributed by atoms with E-state index in [9.17, 15) is 18.0 Å². The predicted octanol–water partition coefficient (Wildman–Crippen LogP) is 3.91. The summed E-state index contributed by atoms with van der Waals surface area (Å²) in [5.74, 6) is -0.289. The first kappa shape index (κ1) is 18.9. The van der Waals surface area contributed by atoms with Crippen molar-refractivity contribution in [1.29, 1.82) is 0 Å². The molecule has 0 spiro atoms. The first-order valence-electron chi connectivity index (χ1n) is 7.04. The van der Waals surface area contributed by atoms with E-state index in [0.717, 1.165) is 0 Å². The molecule has 1 aromatic carbocycles. The highest BCUT2D eigenvalue weighted by Crippen LogP contribution is 2.24. The summed E-state index contributed by atoms with van der Waals surface area (Å²) in [7, 11) is 0.